The molecule has 3 heterocycles. The van der Waals surface area contributed by atoms with E-state index in [1.807, 2.05) is 26.8 Å². The maximum absolute atomic E-state index is 12.3. The maximum atomic E-state index is 12.3. The zero-order valence-corrected chi connectivity index (χ0v) is 18.8. The lowest BCUT2D eigenvalue weighted by Crippen LogP contribution is -2.39. The molecule has 1 aliphatic heterocycles. The van der Waals surface area contributed by atoms with Crippen molar-refractivity contribution in [3.8, 4) is 0 Å². The molecule has 172 valence electrons. The Hall–Kier alpha value is -3.75. The third-order valence-corrected chi connectivity index (χ3v) is 5.43. The van der Waals surface area contributed by atoms with E-state index < -0.39 is 18.6 Å². The Bertz CT molecular complexity index is 1330. The van der Waals surface area contributed by atoms with Gasteiger partial charge in [0.2, 0.25) is 17.7 Å². The number of amides is 3. The van der Waals surface area contributed by atoms with Crippen molar-refractivity contribution in [2.45, 2.75) is 58.4 Å². The molecule has 33 heavy (non-hydrogen) atoms. The molecule has 9 heteroatoms. The molecule has 0 spiro atoms. The standard InChI is InChI=1S/C24H26N4O5/c1-13-17(16-7-8-20(29)26-22(16)30)10-15-6-5-14(9-18(15)25-13)12-32-23(31)27-21-11-19(28-33-21)24(2,3)4/h5-6,9-11,16H,7-8,12H2,1-4H3,(H,27,31)(H,26,29,30)/i12D2. The quantitative estimate of drug-likeness (QED) is 0.571. The van der Waals surface area contributed by atoms with Gasteiger partial charge in [0.25, 0.3) is 0 Å². The van der Waals surface area contributed by atoms with Gasteiger partial charge in [-0.05, 0) is 36.6 Å². The van der Waals surface area contributed by atoms with E-state index >= 15 is 0 Å². The second kappa shape index (κ2) is 8.65. The summed E-state index contributed by atoms with van der Waals surface area (Å²) in [6.07, 6.45) is -0.369. The Morgan fingerprint density at radius 1 is 1.30 bits per heavy atom. The number of ether oxygens (including phenoxy) is 1. The second-order valence-corrected chi connectivity index (χ2v) is 9.02. The molecule has 0 saturated carbocycles. The van der Waals surface area contributed by atoms with E-state index in [0.29, 0.717) is 28.7 Å². The molecule has 1 fully saturated rings. The highest BCUT2D eigenvalue weighted by molar-refractivity contribution is 6.01. The molecule has 2 aromatic heterocycles. The van der Waals surface area contributed by atoms with Crippen molar-refractivity contribution in [1.29, 1.82) is 0 Å². The van der Waals surface area contributed by atoms with E-state index in [4.69, 9.17) is 12.0 Å². The first-order chi connectivity index (χ1) is 16.3. The number of anilines is 1. The average Bonchev–Trinajstić information content (AvgIpc) is 3.21. The number of aryl methyl sites for hydroxylation is 1. The van der Waals surface area contributed by atoms with Gasteiger partial charge in [0.1, 0.15) is 6.56 Å². The summed E-state index contributed by atoms with van der Waals surface area (Å²) in [7, 11) is 0. The molecular weight excluding hydrogens is 424 g/mol. The number of nitrogens with zero attached hydrogens (tertiary/aromatic N) is 2. The summed E-state index contributed by atoms with van der Waals surface area (Å²) < 4.78 is 26.7. The Labute approximate surface area is 193 Å². The van der Waals surface area contributed by atoms with Gasteiger partial charge < -0.3 is 9.26 Å². The zero-order valence-electron chi connectivity index (χ0n) is 20.8. The van der Waals surface area contributed by atoms with E-state index in [0.717, 1.165) is 5.56 Å². The summed E-state index contributed by atoms with van der Waals surface area (Å²) in [5, 5.41) is 9.29. The maximum Gasteiger partial charge on any atom is 0.414 e. The number of piperidine rings is 1. The molecule has 3 aromatic rings. The Morgan fingerprint density at radius 2 is 2.09 bits per heavy atom. The summed E-state index contributed by atoms with van der Waals surface area (Å²) in [6, 6.07) is 8.02. The molecule has 1 aromatic carbocycles. The zero-order chi connectivity index (χ0) is 25.5. The van der Waals surface area contributed by atoms with Gasteiger partial charge in [0, 0.05) is 29.0 Å². The molecule has 9 nitrogen and oxygen atoms in total. The number of aromatic nitrogens is 2. The lowest BCUT2D eigenvalue weighted by atomic mass is 9.89. The van der Waals surface area contributed by atoms with Crippen LogP contribution in [0.1, 0.15) is 64.8 Å². The summed E-state index contributed by atoms with van der Waals surface area (Å²) in [6.45, 7) is 5.12. The van der Waals surface area contributed by atoms with Gasteiger partial charge in [0.05, 0.1) is 19.9 Å². The largest absolute Gasteiger partial charge is 0.444 e. The second-order valence-electron chi connectivity index (χ2n) is 9.02. The summed E-state index contributed by atoms with van der Waals surface area (Å²) in [4.78, 5) is 40.6. The van der Waals surface area contributed by atoms with Crippen LogP contribution in [0.5, 0.6) is 0 Å². The van der Waals surface area contributed by atoms with Gasteiger partial charge in [-0.3, -0.25) is 25.2 Å². The minimum atomic E-state index is -2.46. The van der Waals surface area contributed by atoms with Crippen LogP contribution in [0.4, 0.5) is 10.7 Å². The van der Waals surface area contributed by atoms with Crippen LogP contribution in [0.15, 0.2) is 34.9 Å². The predicted molar refractivity (Wildman–Crippen MR) is 121 cm³/mol. The van der Waals surface area contributed by atoms with Crippen LogP contribution in [-0.2, 0) is 26.3 Å². The molecule has 1 unspecified atom stereocenters. The molecule has 0 aliphatic carbocycles. The van der Waals surface area contributed by atoms with Crippen LogP contribution in [0.3, 0.4) is 0 Å². The van der Waals surface area contributed by atoms with Crippen molar-refractivity contribution in [2.24, 2.45) is 0 Å². The van der Waals surface area contributed by atoms with Gasteiger partial charge in [-0.25, -0.2) is 4.79 Å². The molecule has 0 radical (unpaired) electrons. The van der Waals surface area contributed by atoms with Gasteiger partial charge in [-0.15, -0.1) is 0 Å². The van der Waals surface area contributed by atoms with Crippen LogP contribution in [0.2, 0.25) is 0 Å². The molecule has 0 bridgehead atoms. The van der Waals surface area contributed by atoms with Crippen molar-refractivity contribution in [2.75, 3.05) is 5.32 Å². The van der Waals surface area contributed by atoms with Gasteiger partial charge in [-0.1, -0.05) is 38.1 Å². The number of fused-ring (bicyclic) bond motifs is 1. The fourth-order valence-corrected chi connectivity index (χ4v) is 3.61. The first kappa shape index (κ1) is 19.9. The van der Waals surface area contributed by atoms with Crippen molar-refractivity contribution in [1.82, 2.24) is 15.5 Å². The molecule has 1 saturated heterocycles. The van der Waals surface area contributed by atoms with Crippen molar-refractivity contribution in [3.63, 3.8) is 0 Å². The number of carbonyl (C=O) groups is 3. The van der Waals surface area contributed by atoms with Crippen LogP contribution in [0.25, 0.3) is 10.9 Å². The topological polar surface area (TPSA) is 123 Å². The number of rotatable bonds is 4. The highest BCUT2D eigenvalue weighted by Gasteiger charge is 2.29. The van der Waals surface area contributed by atoms with E-state index in [1.165, 1.54) is 12.1 Å². The number of hydrogen-bond donors (Lipinski definition) is 2. The fourth-order valence-electron chi connectivity index (χ4n) is 3.61. The normalized spacial score (nSPS) is 17.9. The van der Waals surface area contributed by atoms with E-state index in [-0.39, 0.29) is 35.1 Å². The third kappa shape index (κ3) is 5.02. The molecule has 1 aliphatic rings. The van der Waals surface area contributed by atoms with E-state index in [1.54, 1.807) is 19.1 Å². The van der Waals surface area contributed by atoms with Crippen molar-refractivity contribution < 1.29 is 26.4 Å². The van der Waals surface area contributed by atoms with Gasteiger partial charge in [0.15, 0.2) is 0 Å². The van der Waals surface area contributed by atoms with Crippen molar-refractivity contribution >= 4 is 34.7 Å². The first-order valence-corrected chi connectivity index (χ1v) is 10.6. The Kier molecular flexibility index (Phi) is 5.22. The number of hydrogen-bond acceptors (Lipinski definition) is 7. The minimum Gasteiger partial charge on any atom is -0.444 e. The molecule has 4 rings (SSSR count). The lowest BCUT2D eigenvalue weighted by Gasteiger charge is -2.22. The predicted octanol–water partition coefficient (Wildman–Crippen LogP) is 4.10. The number of imide groups is 1. The van der Waals surface area contributed by atoms with Crippen LogP contribution in [-0.4, -0.2) is 28.0 Å². The SMILES string of the molecule is [2H]C([2H])(OC(=O)Nc1cc(C(C)(C)C)no1)c1ccc2cc(C3CCC(=O)NC3=O)c(C)nc2c1. The van der Waals surface area contributed by atoms with Crippen LogP contribution < -0.4 is 10.6 Å². The van der Waals surface area contributed by atoms with Crippen LogP contribution in [0, 0.1) is 6.92 Å². The van der Waals surface area contributed by atoms with Crippen LogP contribution >= 0.6 is 0 Å². The summed E-state index contributed by atoms with van der Waals surface area (Å²) >= 11 is 0. The first-order valence-electron chi connectivity index (χ1n) is 11.6. The lowest BCUT2D eigenvalue weighted by molar-refractivity contribution is -0.134. The highest BCUT2D eigenvalue weighted by Crippen LogP contribution is 2.29. The van der Waals surface area contributed by atoms with Gasteiger partial charge in [-0.2, -0.15) is 0 Å². The average molecular weight is 453 g/mol. The van der Waals surface area contributed by atoms with Gasteiger partial charge >= 0.3 is 6.09 Å². The molecule has 3 amide bonds. The summed E-state index contributed by atoms with van der Waals surface area (Å²) in [5.74, 6) is -1.06. The third-order valence-electron chi connectivity index (χ3n) is 5.43. The summed E-state index contributed by atoms with van der Waals surface area (Å²) in [5.41, 5.74) is 2.24. The van der Waals surface area contributed by atoms with E-state index in [9.17, 15) is 14.4 Å². The molecule has 1 atom stereocenters. The van der Waals surface area contributed by atoms with E-state index in [2.05, 4.69) is 20.8 Å². The number of carbonyl (C=O) groups excluding carboxylic acids is 3. The number of pyridine rings is 1. The Morgan fingerprint density at radius 3 is 2.79 bits per heavy atom. The number of benzene rings is 1. The fraction of sp³-hybridized carbons (Fsp3) is 0.375. The Balaban J connectivity index is 1.52. The number of nitrogens with one attached hydrogen (secondary N) is 2. The van der Waals surface area contributed by atoms with Crippen molar-refractivity contribution in [3.05, 3.63) is 52.8 Å². The highest BCUT2D eigenvalue weighted by atomic mass is 16.6. The minimum absolute atomic E-state index is 0.0486. The monoisotopic (exact) mass is 452 g/mol. The molecular formula is C24H26N4O5. The smallest absolute Gasteiger partial charge is 0.414 e. The molecule has 2 N–H and O–H groups in total.